The minimum Gasteiger partial charge on any atom is -0.472 e. The Kier molecular flexibility index (Phi) is 5.07. The molecule has 1 rings (SSSR count). The summed E-state index contributed by atoms with van der Waals surface area (Å²) in [6.45, 7) is 3.34. The molecule has 0 spiro atoms. The summed E-state index contributed by atoms with van der Waals surface area (Å²) in [6.07, 6.45) is 1.84. The Bertz CT molecular complexity index is 274. The number of rotatable bonds is 6. The lowest BCUT2D eigenvalue weighted by Gasteiger charge is -2.12. The maximum atomic E-state index is 5.53. The van der Waals surface area contributed by atoms with E-state index in [1.54, 1.807) is 7.11 Å². The first-order valence-corrected chi connectivity index (χ1v) is 5.01. The molecule has 1 atom stereocenters. The van der Waals surface area contributed by atoms with E-state index in [1.165, 1.54) is 0 Å². The fourth-order valence-corrected chi connectivity index (χ4v) is 1.26. The van der Waals surface area contributed by atoms with Crippen molar-refractivity contribution >= 4 is 0 Å². The molecular weight excluding hydrogens is 192 g/mol. The van der Waals surface area contributed by atoms with E-state index >= 15 is 0 Å². The van der Waals surface area contributed by atoms with Gasteiger partial charge >= 0.3 is 0 Å². The van der Waals surface area contributed by atoms with Crippen LogP contribution in [0.3, 0.4) is 0 Å². The van der Waals surface area contributed by atoms with Gasteiger partial charge in [0.2, 0.25) is 5.88 Å². The molecule has 0 amide bonds. The smallest absolute Gasteiger partial charge is 0.213 e. The van der Waals surface area contributed by atoms with Gasteiger partial charge < -0.3 is 14.8 Å². The van der Waals surface area contributed by atoms with Crippen LogP contribution in [0.15, 0.2) is 18.3 Å². The molecule has 0 radical (unpaired) electrons. The van der Waals surface area contributed by atoms with Gasteiger partial charge in [-0.25, -0.2) is 4.98 Å². The summed E-state index contributed by atoms with van der Waals surface area (Å²) in [5, 5.41) is 3.06. The Balaban J connectivity index is 2.48. The Morgan fingerprint density at radius 2 is 2.27 bits per heavy atom. The Labute approximate surface area is 90.6 Å². The van der Waals surface area contributed by atoms with E-state index in [1.807, 2.05) is 32.3 Å². The van der Waals surface area contributed by atoms with Crippen molar-refractivity contribution in [3.8, 4) is 5.88 Å². The second-order valence-corrected chi connectivity index (χ2v) is 3.42. The number of nitrogens with zero attached hydrogens (tertiary/aromatic N) is 1. The first kappa shape index (κ1) is 11.9. The van der Waals surface area contributed by atoms with Crippen molar-refractivity contribution < 1.29 is 9.47 Å². The van der Waals surface area contributed by atoms with E-state index in [9.17, 15) is 0 Å². The van der Waals surface area contributed by atoms with Crippen LogP contribution in [-0.2, 0) is 11.3 Å². The van der Waals surface area contributed by atoms with E-state index in [-0.39, 0.29) is 6.10 Å². The van der Waals surface area contributed by atoms with Crippen molar-refractivity contribution in [1.29, 1.82) is 0 Å². The van der Waals surface area contributed by atoms with Gasteiger partial charge in [0.1, 0.15) is 6.10 Å². The molecule has 0 saturated heterocycles. The zero-order valence-corrected chi connectivity index (χ0v) is 9.49. The predicted octanol–water partition coefficient (Wildman–Crippen LogP) is 1.21. The molecule has 1 heterocycles. The van der Waals surface area contributed by atoms with E-state index in [4.69, 9.17) is 9.47 Å². The van der Waals surface area contributed by atoms with Crippen molar-refractivity contribution in [2.45, 2.75) is 19.6 Å². The zero-order valence-electron chi connectivity index (χ0n) is 9.49. The second kappa shape index (κ2) is 6.37. The fourth-order valence-electron chi connectivity index (χ4n) is 1.26. The minimum atomic E-state index is 0.0256. The Hall–Kier alpha value is -1.13. The zero-order chi connectivity index (χ0) is 11.1. The van der Waals surface area contributed by atoms with E-state index in [0.29, 0.717) is 12.5 Å². The van der Waals surface area contributed by atoms with Crippen LogP contribution in [0.4, 0.5) is 0 Å². The average molecular weight is 210 g/mol. The number of ether oxygens (including phenoxy) is 2. The standard InChI is InChI=1S/C11H18N2O2/c1-9(8-14-3)15-11-5-4-10(6-12-2)7-13-11/h4-5,7,9,12H,6,8H2,1-3H3. The van der Waals surface area contributed by atoms with Crippen LogP contribution in [0.5, 0.6) is 5.88 Å². The van der Waals surface area contributed by atoms with Gasteiger partial charge in [0, 0.05) is 25.9 Å². The highest BCUT2D eigenvalue weighted by Gasteiger charge is 2.03. The molecule has 0 aliphatic heterocycles. The topological polar surface area (TPSA) is 43.4 Å². The lowest BCUT2D eigenvalue weighted by Crippen LogP contribution is -2.18. The number of pyridine rings is 1. The number of nitrogens with one attached hydrogen (secondary N) is 1. The molecule has 1 aromatic rings. The maximum Gasteiger partial charge on any atom is 0.213 e. The minimum absolute atomic E-state index is 0.0256. The fraction of sp³-hybridized carbons (Fsp3) is 0.545. The van der Waals surface area contributed by atoms with Crippen LogP contribution in [0.25, 0.3) is 0 Å². The number of hydrogen-bond acceptors (Lipinski definition) is 4. The summed E-state index contributed by atoms with van der Waals surface area (Å²) < 4.78 is 10.5. The molecule has 0 saturated carbocycles. The molecule has 84 valence electrons. The van der Waals surface area contributed by atoms with E-state index in [0.717, 1.165) is 12.1 Å². The molecule has 0 fully saturated rings. The van der Waals surface area contributed by atoms with Crippen LogP contribution >= 0.6 is 0 Å². The molecule has 4 heteroatoms. The highest BCUT2D eigenvalue weighted by Crippen LogP contribution is 2.09. The lowest BCUT2D eigenvalue weighted by molar-refractivity contribution is 0.0889. The summed E-state index contributed by atoms with van der Waals surface area (Å²) in [5.74, 6) is 0.638. The molecule has 1 aromatic heterocycles. The molecule has 0 aliphatic rings. The van der Waals surface area contributed by atoms with E-state index < -0.39 is 0 Å². The molecule has 0 bridgehead atoms. The number of aromatic nitrogens is 1. The van der Waals surface area contributed by atoms with Gasteiger partial charge in [0.25, 0.3) is 0 Å². The predicted molar refractivity (Wildman–Crippen MR) is 59.0 cm³/mol. The van der Waals surface area contributed by atoms with Crippen LogP contribution in [-0.4, -0.2) is 31.9 Å². The molecular formula is C11H18N2O2. The molecule has 15 heavy (non-hydrogen) atoms. The first-order valence-electron chi connectivity index (χ1n) is 5.01. The Morgan fingerprint density at radius 1 is 1.47 bits per heavy atom. The van der Waals surface area contributed by atoms with Gasteiger partial charge in [-0.15, -0.1) is 0 Å². The SMILES string of the molecule is CNCc1ccc(OC(C)COC)nc1. The quantitative estimate of drug-likeness (QED) is 0.766. The van der Waals surface area contributed by atoms with Gasteiger partial charge in [-0.3, -0.25) is 0 Å². The van der Waals surface area contributed by atoms with Crippen molar-refractivity contribution in [3.63, 3.8) is 0 Å². The molecule has 4 nitrogen and oxygen atoms in total. The van der Waals surface area contributed by atoms with Crippen molar-refractivity contribution in [3.05, 3.63) is 23.9 Å². The second-order valence-electron chi connectivity index (χ2n) is 3.42. The highest BCUT2D eigenvalue weighted by atomic mass is 16.5. The highest BCUT2D eigenvalue weighted by molar-refractivity contribution is 5.17. The monoisotopic (exact) mass is 210 g/mol. The third-order valence-electron chi connectivity index (χ3n) is 1.90. The van der Waals surface area contributed by atoms with Crippen LogP contribution in [0.2, 0.25) is 0 Å². The van der Waals surface area contributed by atoms with Crippen LogP contribution in [0, 0.1) is 0 Å². The van der Waals surface area contributed by atoms with Gasteiger partial charge in [-0.05, 0) is 19.5 Å². The summed E-state index contributed by atoms with van der Waals surface area (Å²) in [6, 6.07) is 3.87. The average Bonchev–Trinajstić information content (AvgIpc) is 2.22. The normalized spacial score (nSPS) is 12.5. The lowest BCUT2D eigenvalue weighted by atomic mass is 10.3. The number of hydrogen-bond donors (Lipinski definition) is 1. The van der Waals surface area contributed by atoms with Crippen molar-refractivity contribution in [2.75, 3.05) is 20.8 Å². The molecule has 0 aliphatic carbocycles. The largest absolute Gasteiger partial charge is 0.472 e. The number of methoxy groups -OCH3 is 1. The molecule has 0 aromatic carbocycles. The maximum absolute atomic E-state index is 5.53. The van der Waals surface area contributed by atoms with Crippen molar-refractivity contribution in [2.24, 2.45) is 0 Å². The van der Waals surface area contributed by atoms with Crippen LogP contribution in [0.1, 0.15) is 12.5 Å². The summed E-state index contributed by atoms with van der Waals surface area (Å²) >= 11 is 0. The summed E-state index contributed by atoms with van der Waals surface area (Å²) in [4.78, 5) is 4.20. The van der Waals surface area contributed by atoms with Crippen LogP contribution < -0.4 is 10.1 Å². The third kappa shape index (κ3) is 4.27. The van der Waals surface area contributed by atoms with Gasteiger partial charge in [-0.1, -0.05) is 6.07 Å². The summed E-state index contributed by atoms with van der Waals surface area (Å²) in [5.41, 5.74) is 1.14. The van der Waals surface area contributed by atoms with E-state index in [2.05, 4.69) is 10.3 Å². The third-order valence-corrected chi connectivity index (χ3v) is 1.90. The first-order chi connectivity index (χ1) is 7.26. The van der Waals surface area contributed by atoms with Gasteiger partial charge in [-0.2, -0.15) is 0 Å². The Morgan fingerprint density at radius 3 is 2.80 bits per heavy atom. The molecule has 1 unspecified atom stereocenters. The van der Waals surface area contributed by atoms with Crippen molar-refractivity contribution in [1.82, 2.24) is 10.3 Å². The molecule has 1 N–H and O–H groups in total. The van der Waals surface area contributed by atoms with Gasteiger partial charge in [0.15, 0.2) is 0 Å². The summed E-state index contributed by atoms with van der Waals surface area (Å²) in [7, 11) is 3.56. The van der Waals surface area contributed by atoms with Gasteiger partial charge in [0.05, 0.1) is 6.61 Å².